The zero-order valence-electron chi connectivity index (χ0n) is 14.5. The molecule has 25 heavy (non-hydrogen) atoms. The van der Waals surface area contributed by atoms with Gasteiger partial charge in [-0.15, -0.1) is 11.3 Å². The average Bonchev–Trinajstić information content (AvgIpc) is 2.89. The number of ether oxygens (including phenoxy) is 1. The quantitative estimate of drug-likeness (QED) is 0.576. The molecular weight excluding hydrogens is 368 g/mol. The third kappa shape index (κ3) is 8.13. The molecule has 0 spiro atoms. The summed E-state index contributed by atoms with van der Waals surface area (Å²) in [5, 5.41) is 4.64. The molecule has 9 heteroatoms. The Kier molecular flexibility index (Phi) is 7.57. The molecule has 0 aliphatic carbocycles. The van der Waals surface area contributed by atoms with Gasteiger partial charge >= 0.3 is 12.0 Å². The van der Waals surface area contributed by atoms with Crippen molar-refractivity contribution in [3.8, 4) is 0 Å². The van der Waals surface area contributed by atoms with E-state index in [1.165, 1.54) is 6.92 Å². The minimum Gasteiger partial charge on any atom is -0.453 e. The van der Waals surface area contributed by atoms with Crippen LogP contribution in [0.5, 0.6) is 0 Å². The molecule has 7 nitrogen and oxygen atoms in total. The fraction of sp³-hybridized carbons (Fsp3) is 0.500. The summed E-state index contributed by atoms with van der Waals surface area (Å²) in [6.45, 7) is 6.63. The highest BCUT2D eigenvalue weighted by molar-refractivity contribution is 7.18. The number of ketones is 1. The lowest BCUT2D eigenvalue weighted by Gasteiger charge is -2.21. The van der Waals surface area contributed by atoms with Gasteiger partial charge in [0.05, 0.1) is 15.6 Å². The van der Waals surface area contributed by atoms with Crippen LogP contribution in [0.3, 0.4) is 0 Å². The number of amides is 3. The highest BCUT2D eigenvalue weighted by Gasteiger charge is 2.22. The van der Waals surface area contributed by atoms with Crippen LogP contribution in [0, 0.1) is 0 Å². The van der Waals surface area contributed by atoms with Crippen molar-refractivity contribution in [1.29, 1.82) is 0 Å². The Hall–Kier alpha value is -1.93. The van der Waals surface area contributed by atoms with Crippen molar-refractivity contribution >= 4 is 46.6 Å². The van der Waals surface area contributed by atoms with Crippen molar-refractivity contribution in [2.75, 3.05) is 0 Å². The van der Waals surface area contributed by atoms with E-state index in [0.717, 1.165) is 11.3 Å². The van der Waals surface area contributed by atoms with Crippen molar-refractivity contribution in [3.05, 3.63) is 21.3 Å². The third-order valence-electron chi connectivity index (χ3n) is 2.81. The highest BCUT2D eigenvalue weighted by Crippen LogP contribution is 2.23. The second kappa shape index (κ2) is 8.96. The summed E-state index contributed by atoms with van der Waals surface area (Å²) in [5.41, 5.74) is -0.505. The smallest absolute Gasteiger partial charge is 0.321 e. The first-order valence-corrected chi connectivity index (χ1v) is 8.78. The van der Waals surface area contributed by atoms with Crippen LogP contribution in [0.15, 0.2) is 12.1 Å². The van der Waals surface area contributed by atoms with Gasteiger partial charge in [-0.25, -0.2) is 4.79 Å². The molecule has 2 N–H and O–H groups in total. The highest BCUT2D eigenvalue weighted by atomic mass is 35.5. The second-order valence-electron chi connectivity index (χ2n) is 6.35. The van der Waals surface area contributed by atoms with E-state index in [1.54, 1.807) is 32.9 Å². The van der Waals surface area contributed by atoms with Crippen LogP contribution in [0.2, 0.25) is 4.34 Å². The number of imide groups is 1. The summed E-state index contributed by atoms with van der Waals surface area (Å²) in [5.74, 6) is -1.67. The number of carbonyl (C=O) groups excluding carboxylic acids is 4. The normalized spacial score (nSPS) is 12.2. The molecule has 0 radical (unpaired) electrons. The van der Waals surface area contributed by atoms with Gasteiger partial charge in [-0.2, -0.15) is 0 Å². The number of rotatable bonds is 6. The number of esters is 1. The van der Waals surface area contributed by atoms with Crippen LogP contribution in [0.4, 0.5) is 4.79 Å². The summed E-state index contributed by atoms with van der Waals surface area (Å²) in [6, 6.07) is 2.52. The van der Waals surface area contributed by atoms with Crippen molar-refractivity contribution in [2.45, 2.75) is 52.2 Å². The first-order valence-electron chi connectivity index (χ1n) is 7.59. The molecule has 0 aromatic carbocycles. The van der Waals surface area contributed by atoms with Crippen LogP contribution in [0.1, 0.15) is 50.2 Å². The van der Waals surface area contributed by atoms with Crippen LogP contribution in [-0.4, -0.2) is 35.3 Å². The molecule has 0 aliphatic heterocycles. The van der Waals surface area contributed by atoms with Gasteiger partial charge in [0.25, 0.3) is 5.91 Å². The SMILES string of the molecule is C[C@H](OC(=O)CCC(=O)c1ccc(Cl)s1)C(=O)NC(=O)NC(C)(C)C. The van der Waals surface area contributed by atoms with E-state index in [2.05, 4.69) is 10.6 Å². The van der Waals surface area contributed by atoms with Gasteiger partial charge in [0.1, 0.15) is 0 Å². The van der Waals surface area contributed by atoms with E-state index < -0.39 is 29.6 Å². The molecular formula is C16H21ClN2O5S. The molecule has 0 bridgehead atoms. The summed E-state index contributed by atoms with van der Waals surface area (Å²) >= 11 is 6.88. The predicted molar refractivity (Wildman–Crippen MR) is 94.9 cm³/mol. The molecule has 0 saturated carbocycles. The van der Waals surface area contributed by atoms with Gasteiger partial charge < -0.3 is 10.1 Å². The number of hydrogen-bond acceptors (Lipinski definition) is 6. The molecule has 1 aromatic rings. The third-order valence-corrected chi connectivity index (χ3v) is 4.08. The van der Waals surface area contributed by atoms with Crippen molar-refractivity contribution in [2.24, 2.45) is 0 Å². The van der Waals surface area contributed by atoms with E-state index in [0.29, 0.717) is 9.21 Å². The van der Waals surface area contributed by atoms with E-state index in [1.807, 2.05) is 0 Å². The van der Waals surface area contributed by atoms with Crippen molar-refractivity contribution in [1.82, 2.24) is 10.6 Å². The average molecular weight is 389 g/mol. The van der Waals surface area contributed by atoms with Gasteiger partial charge in [0.2, 0.25) is 0 Å². The zero-order chi connectivity index (χ0) is 19.2. The summed E-state index contributed by atoms with van der Waals surface area (Å²) in [4.78, 5) is 47.5. The summed E-state index contributed by atoms with van der Waals surface area (Å²) < 4.78 is 5.42. The fourth-order valence-electron chi connectivity index (χ4n) is 1.70. The molecule has 0 aliphatic rings. The minimum atomic E-state index is -1.15. The molecule has 1 aromatic heterocycles. The predicted octanol–water partition coefficient (Wildman–Crippen LogP) is 2.92. The van der Waals surface area contributed by atoms with Gasteiger partial charge in [0, 0.05) is 12.0 Å². The Morgan fingerprint density at radius 2 is 1.84 bits per heavy atom. The van der Waals surface area contributed by atoms with Crippen molar-refractivity contribution < 1.29 is 23.9 Å². The monoisotopic (exact) mass is 388 g/mol. The fourth-order valence-corrected chi connectivity index (χ4v) is 2.71. The van der Waals surface area contributed by atoms with E-state index in [-0.39, 0.29) is 18.6 Å². The Morgan fingerprint density at radius 1 is 1.20 bits per heavy atom. The number of Topliss-reactive ketones (excluding diaryl/α,β-unsaturated/α-hetero) is 1. The van der Waals surface area contributed by atoms with Crippen LogP contribution in [0.25, 0.3) is 0 Å². The molecule has 1 rings (SSSR count). The number of thiophene rings is 1. The van der Waals surface area contributed by atoms with E-state index in [4.69, 9.17) is 16.3 Å². The molecule has 1 atom stereocenters. The van der Waals surface area contributed by atoms with Crippen LogP contribution < -0.4 is 10.6 Å². The number of nitrogens with one attached hydrogen (secondary N) is 2. The maximum absolute atomic E-state index is 11.9. The minimum absolute atomic E-state index is 0.0471. The maximum atomic E-state index is 11.9. The molecule has 0 saturated heterocycles. The summed E-state index contributed by atoms with van der Waals surface area (Å²) in [7, 11) is 0. The maximum Gasteiger partial charge on any atom is 0.321 e. The number of halogens is 1. The molecule has 138 valence electrons. The van der Waals surface area contributed by atoms with Crippen LogP contribution in [-0.2, 0) is 14.3 Å². The standard InChI is InChI=1S/C16H21ClN2O5S/c1-9(14(22)18-15(23)19-16(2,3)4)24-13(21)8-5-10(20)11-6-7-12(17)25-11/h6-7,9H,5,8H2,1-4H3,(H2,18,19,22,23)/t9-/m0/s1. The lowest BCUT2D eigenvalue weighted by atomic mass is 10.1. The zero-order valence-corrected chi connectivity index (χ0v) is 16.0. The largest absolute Gasteiger partial charge is 0.453 e. The number of hydrogen-bond donors (Lipinski definition) is 2. The summed E-state index contributed by atoms with van der Waals surface area (Å²) in [6.07, 6.45) is -1.36. The molecule has 0 fully saturated rings. The molecule has 0 unspecified atom stereocenters. The van der Waals surface area contributed by atoms with Crippen molar-refractivity contribution in [3.63, 3.8) is 0 Å². The second-order valence-corrected chi connectivity index (χ2v) is 8.07. The topological polar surface area (TPSA) is 102 Å². The van der Waals surface area contributed by atoms with E-state index >= 15 is 0 Å². The lowest BCUT2D eigenvalue weighted by molar-refractivity contribution is -0.154. The number of urea groups is 1. The first kappa shape index (κ1) is 21.1. The Bertz CT molecular complexity index is 666. The Balaban J connectivity index is 2.39. The molecule has 3 amide bonds. The number of carbonyl (C=O) groups is 4. The Morgan fingerprint density at radius 3 is 2.36 bits per heavy atom. The van der Waals surface area contributed by atoms with Gasteiger partial charge in [-0.3, -0.25) is 19.7 Å². The van der Waals surface area contributed by atoms with Gasteiger partial charge in [-0.1, -0.05) is 11.6 Å². The molecule has 1 heterocycles. The van der Waals surface area contributed by atoms with Gasteiger partial charge in [0.15, 0.2) is 11.9 Å². The first-order chi connectivity index (χ1) is 11.5. The lowest BCUT2D eigenvalue weighted by Crippen LogP contribution is -2.50. The van der Waals surface area contributed by atoms with Gasteiger partial charge in [-0.05, 0) is 39.8 Å². The van der Waals surface area contributed by atoms with Crippen LogP contribution >= 0.6 is 22.9 Å². The van der Waals surface area contributed by atoms with E-state index in [9.17, 15) is 19.2 Å². The Labute approximate surface area is 155 Å².